The molecule has 0 spiro atoms. The summed E-state index contributed by atoms with van der Waals surface area (Å²) in [5.41, 5.74) is -0.432. The fourth-order valence-corrected chi connectivity index (χ4v) is 5.16. The van der Waals surface area contributed by atoms with Crippen LogP contribution in [-0.2, 0) is 23.9 Å². The number of carbonyl (C=O) groups is 3. The molecule has 3 saturated heterocycles. The van der Waals surface area contributed by atoms with Crippen molar-refractivity contribution in [1.29, 1.82) is 0 Å². The van der Waals surface area contributed by atoms with Gasteiger partial charge in [-0.15, -0.1) is 0 Å². The highest BCUT2D eigenvalue weighted by Crippen LogP contribution is 2.24. The highest BCUT2D eigenvalue weighted by atomic mass is 16.6. The fraction of sp³-hybridized carbons (Fsp3) is 0.880. The third-order valence-corrected chi connectivity index (χ3v) is 7.27. The molecule has 0 saturated carbocycles. The van der Waals surface area contributed by atoms with Crippen LogP contribution < -0.4 is 0 Å². The first kappa shape index (κ1) is 26.9. The highest BCUT2D eigenvalue weighted by Gasteiger charge is 2.32. The molecule has 9 nitrogen and oxygen atoms in total. The van der Waals surface area contributed by atoms with E-state index in [9.17, 15) is 14.4 Å². The molecule has 0 N–H and O–H groups in total. The van der Waals surface area contributed by atoms with Gasteiger partial charge >= 0.3 is 11.9 Å². The van der Waals surface area contributed by atoms with Gasteiger partial charge in [-0.2, -0.15) is 0 Å². The van der Waals surface area contributed by atoms with E-state index in [0.717, 1.165) is 84.5 Å². The van der Waals surface area contributed by atoms with Crippen molar-refractivity contribution >= 4 is 17.8 Å². The molecule has 0 bridgehead atoms. The van der Waals surface area contributed by atoms with Crippen molar-refractivity contribution in [3.05, 3.63) is 0 Å². The molecular weight excluding hydrogens is 436 g/mol. The Morgan fingerprint density at radius 1 is 0.824 bits per heavy atom. The van der Waals surface area contributed by atoms with Crippen LogP contribution in [0.5, 0.6) is 0 Å². The van der Waals surface area contributed by atoms with Crippen LogP contribution in [0.15, 0.2) is 0 Å². The van der Waals surface area contributed by atoms with Crippen LogP contribution >= 0.6 is 0 Å². The molecule has 3 heterocycles. The van der Waals surface area contributed by atoms with Crippen molar-refractivity contribution in [3.8, 4) is 0 Å². The number of nitrogens with zero attached hydrogens (tertiary/aromatic N) is 4. The minimum absolute atomic E-state index is 0.00863. The number of hydrogen-bond donors (Lipinski definition) is 0. The number of methoxy groups -OCH3 is 1. The van der Waals surface area contributed by atoms with Crippen LogP contribution in [0.1, 0.15) is 59.3 Å². The lowest BCUT2D eigenvalue weighted by atomic mass is 9.92. The molecule has 3 aliphatic heterocycles. The van der Waals surface area contributed by atoms with Crippen molar-refractivity contribution in [2.24, 2.45) is 11.8 Å². The van der Waals surface area contributed by atoms with E-state index in [-0.39, 0.29) is 23.8 Å². The normalized spacial score (nSPS) is 22.5. The zero-order chi connectivity index (χ0) is 24.7. The largest absolute Gasteiger partial charge is 0.468 e. The average Bonchev–Trinajstić information content (AvgIpc) is 2.82. The monoisotopic (exact) mass is 480 g/mol. The summed E-state index contributed by atoms with van der Waals surface area (Å²) in [4.78, 5) is 40.7. The van der Waals surface area contributed by atoms with Gasteiger partial charge in [0.05, 0.1) is 19.6 Å². The summed E-state index contributed by atoms with van der Waals surface area (Å²) < 4.78 is 10.3. The Hall–Kier alpha value is -1.71. The van der Waals surface area contributed by atoms with E-state index in [2.05, 4.69) is 14.9 Å². The van der Waals surface area contributed by atoms with Gasteiger partial charge in [-0.1, -0.05) is 0 Å². The number of piperidine rings is 2. The average molecular weight is 481 g/mol. The summed E-state index contributed by atoms with van der Waals surface area (Å²) in [6, 6.07) is 0. The van der Waals surface area contributed by atoms with Crippen molar-refractivity contribution in [3.63, 3.8) is 0 Å². The summed E-state index contributed by atoms with van der Waals surface area (Å²) in [7, 11) is 1.43. The molecule has 0 aromatic carbocycles. The Kier molecular flexibility index (Phi) is 9.74. The molecule has 0 atom stereocenters. The van der Waals surface area contributed by atoms with Gasteiger partial charge in [0.15, 0.2) is 0 Å². The summed E-state index contributed by atoms with van der Waals surface area (Å²) in [6.07, 6.45) is 5.28. The van der Waals surface area contributed by atoms with Gasteiger partial charge in [-0.25, -0.2) is 10.0 Å². The van der Waals surface area contributed by atoms with Crippen molar-refractivity contribution < 1.29 is 23.9 Å². The molecule has 0 aromatic heterocycles. The van der Waals surface area contributed by atoms with Crippen LogP contribution in [0.4, 0.5) is 0 Å². The molecule has 3 aliphatic rings. The van der Waals surface area contributed by atoms with E-state index in [0.29, 0.717) is 18.9 Å². The third-order valence-electron chi connectivity index (χ3n) is 7.27. The first-order chi connectivity index (χ1) is 16.1. The number of likely N-dealkylation sites (tertiary alicyclic amines) is 1. The van der Waals surface area contributed by atoms with Gasteiger partial charge in [-0.05, 0) is 71.9 Å². The van der Waals surface area contributed by atoms with Crippen molar-refractivity contribution in [2.75, 3.05) is 66.0 Å². The molecular formula is C25H44N4O5. The predicted octanol–water partition coefficient (Wildman–Crippen LogP) is 1.76. The van der Waals surface area contributed by atoms with Gasteiger partial charge in [-0.3, -0.25) is 19.3 Å². The molecule has 194 valence electrons. The summed E-state index contributed by atoms with van der Waals surface area (Å²) >= 11 is 0. The van der Waals surface area contributed by atoms with E-state index >= 15 is 0 Å². The van der Waals surface area contributed by atoms with Crippen LogP contribution in [-0.4, -0.2) is 109 Å². The van der Waals surface area contributed by atoms with Crippen molar-refractivity contribution in [1.82, 2.24) is 19.8 Å². The lowest BCUT2D eigenvalue weighted by Crippen LogP contribution is -2.56. The maximum absolute atomic E-state index is 12.8. The molecule has 0 aromatic rings. The van der Waals surface area contributed by atoms with E-state index in [1.807, 2.05) is 25.7 Å². The quantitative estimate of drug-likeness (QED) is 0.510. The third kappa shape index (κ3) is 8.20. The zero-order valence-electron chi connectivity index (χ0n) is 21.6. The number of ether oxygens (including phenoxy) is 2. The van der Waals surface area contributed by atoms with Crippen LogP contribution in [0.3, 0.4) is 0 Å². The SMILES string of the molecule is COC(=O)CN1CCC(CCC(=O)N2CCN(N3CCC(C(=O)OC(C)(C)C)CC3)CC2)CC1. The number of amides is 1. The molecule has 3 rings (SSSR count). The second-order valence-electron chi connectivity index (χ2n) is 10.9. The predicted molar refractivity (Wildman–Crippen MR) is 129 cm³/mol. The standard InChI is InChI=1S/C25H44N4O5/c1-25(2,3)34-24(32)21-9-13-28(14-10-21)29-17-15-27(16-18-29)22(30)6-5-20-7-11-26(12-8-20)19-23(31)33-4/h20-21H,5-19H2,1-4H3. The van der Waals surface area contributed by atoms with Crippen LogP contribution in [0.25, 0.3) is 0 Å². The fourth-order valence-electron chi connectivity index (χ4n) is 5.16. The van der Waals surface area contributed by atoms with Gasteiger partial charge in [0.2, 0.25) is 5.91 Å². The summed E-state index contributed by atoms with van der Waals surface area (Å²) in [5.74, 6) is 0.563. The Balaban J connectivity index is 1.30. The molecule has 3 fully saturated rings. The van der Waals surface area contributed by atoms with E-state index < -0.39 is 5.60 Å². The molecule has 0 unspecified atom stereocenters. The minimum atomic E-state index is -0.432. The molecule has 1 amide bonds. The molecule has 9 heteroatoms. The van der Waals surface area contributed by atoms with Gasteiger partial charge in [0.1, 0.15) is 5.60 Å². The molecule has 34 heavy (non-hydrogen) atoms. The van der Waals surface area contributed by atoms with E-state index in [4.69, 9.17) is 9.47 Å². The second-order valence-corrected chi connectivity index (χ2v) is 10.9. The summed E-state index contributed by atoms with van der Waals surface area (Å²) in [5, 5.41) is 4.71. The smallest absolute Gasteiger partial charge is 0.319 e. The topological polar surface area (TPSA) is 82.6 Å². The first-order valence-electron chi connectivity index (χ1n) is 12.9. The Morgan fingerprint density at radius 3 is 1.97 bits per heavy atom. The van der Waals surface area contributed by atoms with Gasteiger partial charge in [0, 0.05) is 45.7 Å². The highest BCUT2D eigenvalue weighted by molar-refractivity contribution is 5.76. The Morgan fingerprint density at radius 2 is 1.41 bits per heavy atom. The zero-order valence-corrected chi connectivity index (χ0v) is 21.6. The first-order valence-corrected chi connectivity index (χ1v) is 12.9. The number of hydrazine groups is 1. The minimum Gasteiger partial charge on any atom is -0.468 e. The lowest BCUT2D eigenvalue weighted by Gasteiger charge is -2.44. The number of carbonyl (C=O) groups excluding carboxylic acids is 3. The number of rotatable bonds is 7. The number of piperazine rings is 1. The Bertz CT molecular complexity index is 686. The number of hydrogen-bond acceptors (Lipinski definition) is 8. The molecule has 0 aliphatic carbocycles. The Labute approximate surface area is 204 Å². The van der Waals surface area contributed by atoms with Crippen LogP contribution in [0.2, 0.25) is 0 Å². The van der Waals surface area contributed by atoms with Crippen LogP contribution in [0, 0.1) is 11.8 Å². The van der Waals surface area contributed by atoms with Gasteiger partial charge < -0.3 is 14.4 Å². The van der Waals surface area contributed by atoms with E-state index in [1.54, 1.807) is 0 Å². The van der Waals surface area contributed by atoms with Gasteiger partial charge in [0.25, 0.3) is 0 Å². The second kappa shape index (κ2) is 12.3. The lowest BCUT2D eigenvalue weighted by molar-refractivity contribution is -0.164. The summed E-state index contributed by atoms with van der Waals surface area (Å²) in [6.45, 7) is 12.9. The van der Waals surface area contributed by atoms with E-state index in [1.165, 1.54) is 7.11 Å². The van der Waals surface area contributed by atoms with Crippen molar-refractivity contribution in [2.45, 2.75) is 64.9 Å². The number of esters is 2. The molecule has 0 radical (unpaired) electrons. The maximum atomic E-state index is 12.8. The maximum Gasteiger partial charge on any atom is 0.319 e.